The number of amides is 2. The molecule has 1 fully saturated rings. The van der Waals surface area contributed by atoms with Crippen molar-refractivity contribution in [1.82, 2.24) is 15.5 Å². The summed E-state index contributed by atoms with van der Waals surface area (Å²) in [6.07, 6.45) is 2.40. The lowest BCUT2D eigenvalue weighted by Crippen LogP contribution is -2.49. The van der Waals surface area contributed by atoms with Crippen molar-refractivity contribution < 1.29 is 24.0 Å². The lowest BCUT2D eigenvalue weighted by atomic mass is 9.97. The van der Waals surface area contributed by atoms with Crippen molar-refractivity contribution in [2.24, 2.45) is 4.99 Å². The highest BCUT2D eigenvalue weighted by molar-refractivity contribution is 5.92. The molecule has 0 aromatic heterocycles. The molecule has 0 saturated carbocycles. The lowest BCUT2D eigenvalue weighted by molar-refractivity contribution is -0.384. The van der Waals surface area contributed by atoms with Crippen LogP contribution in [0.15, 0.2) is 35.1 Å². The fourth-order valence-corrected chi connectivity index (χ4v) is 4.89. The molecule has 0 radical (unpaired) electrons. The van der Waals surface area contributed by atoms with Crippen LogP contribution in [0.2, 0.25) is 0 Å². The number of ether oxygens (including phenoxy) is 2. The molecule has 3 heterocycles. The third kappa shape index (κ3) is 6.98. The molecule has 1 atom stereocenters. The number of aliphatic imine (C=N–C) groups is 1. The van der Waals surface area contributed by atoms with Crippen LogP contribution in [0.5, 0.6) is 0 Å². The molecule has 2 N–H and O–H groups in total. The molecule has 1 unspecified atom stereocenters. The molecule has 0 aliphatic carbocycles. The number of nitro benzene ring substituents is 1. The number of nitrogens with one attached hydrogen (secondary N) is 2. The van der Waals surface area contributed by atoms with Gasteiger partial charge in [-0.15, -0.1) is 0 Å². The van der Waals surface area contributed by atoms with E-state index in [1.165, 1.54) is 17.0 Å². The monoisotopic (exact) mass is 542 g/mol. The van der Waals surface area contributed by atoms with Gasteiger partial charge in [-0.05, 0) is 66.0 Å². The summed E-state index contributed by atoms with van der Waals surface area (Å²) in [5, 5.41) is 17.7. The number of piperidine rings is 1. The summed E-state index contributed by atoms with van der Waals surface area (Å²) in [5.74, 6) is 0.493. The number of benzene rings is 1. The number of hydrogen-bond acceptors (Lipinski definition) is 9. The van der Waals surface area contributed by atoms with Gasteiger partial charge in [0.1, 0.15) is 17.0 Å². The van der Waals surface area contributed by atoms with Crippen LogP contribution in [0.3, 0.4) is 0 Å². The molecule has 0 bridgehead atoms. The maximum Gasteiger partial charge on any atom is 0.414 e. The van der Waals surface area contributed by atoms with Gasteiger partial charge in [-0.25, -0.2) is 14.6 Å². The number of non-ortho nitro benzene ring substituents is 1. The van der Waals surface area contributed by atoms with Crippen LogP contribution in [0, 0.1) is 10.1 Å². The van der Waals surface area contributed by atoms with E-state index in [1.54, 1.807) is 26.8 Å². The zero-order valence-corrected chi connectivity index (χ0v) is 23.4. The highest BCUT2D eigenvalue weighted by atomic mass is 16.6. The first-order valence-corrected chi connectivity index (χ1v) is 13.2. The van der Waals surface area contributed by atoms with Crippen LogP contribution in [0.1, 0.15) is 65.9 Å². The third-order valence-corrected chi connectivity index (χ3v) is 6.57. The van der Waals surface area contributed by atoms with Gasteiger partial charge in [0.2, 0.25) is 0 Å². The smallest absolute Gasteiger partial charge is 0.414 e. The molecule has 39 heavy (non-hydrogen) atoms. The Morgan fingerprint density at radius 1 is 1.10 bits per heavy atom. The number of rotatable bonds is 3. The molecule has 1 saturated heterocycles. The Bertz CT molecular complexity index is 1190. The van der Waals surface area contributed by atoms with Crippen LogP contribution in [-0.2, 0) is 9.47 Å². The summed E-state index contributed by atoms with van der Waals surface area (Å²) in [6.45, 7) is 13.1. The van der Waals surface area contributed by atoms with Gasteiger partial charge >= 0.3 is 12.2 Å². The second kappa shape index (κ2) is 10.7. The summed E-state index contributed by atoms with van der Waals surface area (Å²) >= 11 is 0. The number of alkyl carbamates (subject to hydrolysis) is 1. The Morgan fingerprint density at radius 3 is 2.38 bits per heavy atom. The first kappa shape index (κ1) is 28.2. The van der Waals surface area contributed by atoms with E-state index >= 15 is 0 Å². The van der Waals surface area contributed by atoms with Gasteiger partial charge in [-0.2, -0.15) is 0 Å². The second-order valence-electron chi connectivity index (χ2n) is 12.0. The van der Waals surface area contributed by atoms with E-state index in [-0.39, 0.29) is 24.2 Å². The molecule has 12 nitrogen and oxygen atoms in total. The van der Waals surface area contributed by atoms with Crippen molar-refractivity contribution in [1.29, 1.82) is 0 Å². The van der Waals surface area contributed by atoms with Crippen molar-refractivity contribution in [3.8, 4) is 0 Å². The fraction of sp³-hybridized carbons (Fsp3) is 0.593. The normalized spacial score (nSPS) is 19.9. The number of carbonyl (C=O) groups is 2. The second-order valence-corrected chi connectivity index (χ2v) is 12.0. The summed E-state index contributed by atoms with van der Waals surface area (Å²) in [5.41, 5.74) is 0.660. The van der Waals surface area contributed by atoms with Crippen LogP contribution >= 0.6 is 0 Å². The van der Waals surface area contributed by atoms with Crippen molar-refractivity contribution in [3.05, 3.63) is 45.8 Å². The van der Waals surface area contributed by atoms with Crippen molar-refractivity contribution in [2.75, 3.05) is 31.1 Å². The maximum absolute atomic E-state index is 13.0. The quantitative estimate of drug-likeness (QED) is 0.427. The largest absolute Gasteiger partial charge is 0.444 e. The Hall–Kier alpha value is -3.83. The standard InChI is InChI=1S/C27H38N6O6/c1-26(2,3)38-24(34)29-17-9-11-31(12-10-17)23-15-28-14-21(30-23)20-16-32(25(35)39-27(4,5)6)22-8-7-18(33(36)37)13-19(20)22/h7-8,13-14,17,20,28H,9-12,15-16H2,1-6H3,(H,29,34). The number of fused-ring (bicyclic) bond motifs is 1. The molecule has 2 amide bonds. The van der Waals surface area contributed by atoms with E-state index in [2.05, 4.69) is 15.5 Å². The molecule has 212 valence electrons. The first-order chi connectivity index (χ1) is 18.2. The van der Waals surface area contributed by atoms with Gasteiger partial charge in [0.05, 0.1) is 22.9 Å². The van der Waals surface area contributed by atoms with E-state index in [4.69, 9.17) is 14.5 Å². The van der Waals surface area contributed by atoms with E-state index in [1.807, 2.05) is 27.0 Å². The van der Waals surface area contributed by atoms with Gasteiger partial charge in [0, 0.05) is 49.9 Å². The molecule has 4 rings (SSSR count). The minimum absolute atomic E-state index is 0.0212. The molecular formula is C27H38N6O6. The van der Waals surface area contributed by atoms with Gasteiger partial charge in [-0.1, -0.05) is 0 Å². The van der Waals surface area contributed by atoms with Gasteiger partial charge < -0.3 is 25.0 Å². The zero-order valence-electron chi connectivity index (χ0n) is 23.4. The first-order valence-electron chi connectivity index (χ1n) is 13.2. The minimum Gasteiger partial charge on any atom is -0.444 e. The molecular weight excluding hydrogens is 504 g/mol. The predicted octanol–water partition coefficient (Wildman–Crippen LogP) is 4.27. The molecule has 3 aliphatic rings. The van der Waals surface area contributed by atoms with Gasteiger partial charge in [-0.3, -0.25) is 15.0 Å². The van der Waals surface area contributed by atoms with Gasteiger partial charge in [0.15, 0.2) is 0 Å². The van der Waals surface area contributed by atoms with E-state index < -0.39 is 28.3 Å². The highest BCUT2D eigenvalue weighted by Gasteiger charge is 2.39. The summed E-state index contributed by atoms with van der Waals surface area (Å²) in [7, 11) is 0. The third-order valence-electron chi connectivity index (χ3n) is 6.57. The maximum atomic E-state index is 13.0. The van der Waals surface area contributed by atoms with Crippen molar-refractivity contribution >= 4 is 29.4 Å². The number of likely N-dealkylation sites (tertiary alicyclic amines) is 1. The van der Waals surface area contributed by atoms with Crippen LogP contribution in [-0.4, -0.2) is 71.3 Å². The van der Waals surface area contributed by atoms with E-state index in [0.717, 1.165) is 18.7 Å². The highest BCUT2D eigenvalue weighted by Crippen LogP contribution is 2.43. The molecule has 0 spiro atoms. The molecule has 3 aliphatic heterocycles. The molecule has 1 aromatic carbocycles. The number of hydrogen-bond donors (Lipinski definition) is 2. The Kier molecular flexibility index (Phi) is 7.76. The van der Waals surface area contributed by atoms with Crippen LogP contribution in [0.4, 0.5) is 21.0 Å². The lowest BCUT2D eigenvalue weighted by Gasteiger charge is -2.36. The number of amidine groups is 1. The predicted molar refractivity (Wildman–Crippen MR) is 147 cm³/mol. The van der Waals surface area contributed by atoms with E-state index in [0.29, 0.717) is 36.6 Å². The molecule has 12 heteroatoms. The Morgan fingerprint density at radius 2 is 1.77 bits per heavy atom. The average molecular weight is 543 g/mol. The number of nitro groups is 1. The average Bonchev–Trinajstić information content (AvgIpc) is 3.21. The number of nitrogens with zero attached hydrogens (tertiary/aromatic N) is 4. The van der Waals surface area contributed by atoms with Crippen LogP contribution < -0.4 is 15.5 Å². The van der Waals surface area contributed by atoms with E-state index in [9.17, 15) is 19.7 Å². The van der Waals surface area contributed by atoms with Crippen molar-refractivity contribution in [2.45, 2.75) is 77.5 Å². The summed E-state index contributed by atoms with van der Waals surface area (Å²) < 4.78 is 11.0. The number of anilines is 1. The Balaban J connectivity index is 1.49. The molecule has 1 aromatic rings. The Labute approximate surface area is 228 Å². The SMILES string of the molecule is CC(C)(C)OC(=O)NC1CCN(C2=NC(C3CN(C(=O)OC(C)(C)C)c4ccc([N+](=O)[O-])cc43)=CNC2)CC1. The fourth-order valence-electron chi connectivity index (χ4n) is 4.89. The zero-order chi connectivity index (χ0) is 28.5. The topological polar surface area (TPSA) is 139 Å². The number of carbonyl (C=O) groups excluding carboxylic acids is 2. The minimum atomic E-state index is -0.683. The van der Waals surface area contributed by atoms with Crippen molar-refractivity contribution in [3.63, 3.8) is 0 Å². The van der Waals surface area contributed by atoms with Gasteiger partial charge in [0.25, 0.3) is 5.69 Å². The van der Waals surface area contributed by atoms with Crippen LogP contribution in [0.25, 0.3) is 0 Å². The summed E-state index contributed by atoms with van der Waals surface area (Å²) in [6, 6.07) is 4.54. The summed E-state index contributed by atoms with van der Waals surface area (Å²) in [4.78, 5) is 44.9.